The number of sulfone groups is 1. The lowest BCUT2D eigenvalue weighted by atomic mass is 10.1. The fourth-order valence-electron chi connectivity index (χ4n) is 2.44. The van der Waals surface area contributed by atoms with Crippen LogP contribution < -0.4 is 5.32 Å². The molecule has 0 radical (unpaired) electrons. The number of fused-ring (bicyclic) bond motifs is 1. The van der Waals surface area contributed by atoms with Crippen molar-refractivity contribution in [3.05, 3.63) is 23.8 Å². The van der Waals surface area contributed by atoms with E-state index in [4.69, 9.17) is 0 Å². The van der Waals surface area contributed by atoms with Crippen molar-refractivity contribution < 1.29 is 13.2 Å². The Hall–Kier alpha value is -1.36. The van der Waals surface area contributed by atoms with Crippen LogP contribution in [0.25, 0.3) is 0 Å². The first-order chi connectivity index (χ1) is 7.95. The maximum atomic E-state index is 12.3. The molecule has 0 unspecified atom stereocenters. The molecule has 1 aliphatic heterocycles. The van der Waals surface area contributed by atoms with Crippen molar-refractivity contribution in [3.8, 4) is 0 Å². The van der Waals surface area contributed by atoms with Crippen molar-refractivity contribution in [1.82, 2.24) is 0 Å². The highest BCUT2D eigenvalue weighted by atomic mass is 32.2. The molecule has 4 nitrogen and oxygen atoms in total. The van der Waals surface area contributed by atoms with E-state index in [1.165, 1.54) is 0 Å². The Morgan fingerprint density at radius 3 is 2.65 bits per heavy atom. The van der Waals surface area contributed by atoms with Gasteiger partial charge in [-0.3, -0.25) is 4.79 Å². The molecule has 5 heteroatoms. The molecule has 1 spiro atoms. The van der Waals surface area contributed by atoms with Gasteiger partial charge in [0, 0.05) is 0 Å². The number of aryl methyl sites for hydroxylation is 1. The normalized spacial score (nSPS) is 23.7. The Bertz CT molecular complexity index is 615. The Morgan fingerprint density at radius 2 is 2.00 bits per heavy atom. The maximum absolute atomic E-state index is 12.3. The predicted molar refractivity (Wildman–Crippen MR) is 63.5 cm³/mol. The quantitative estimate of drug-likeness (QED) is 0.760. The molecule has 1 N–H and O–H groups in total. The number of rotatable bonds is 0. The monoisotopic (exact) mass is 251 g/mol. The lowest BCUT2D eigenvalue weighted by Crippen LogP contribution is -2.27. The van der Waals surface area contributed by atoms with Crippen LogP contribution in [0.3, 0.4) is 0 Å². The molecule has 17 heavy (non-hydrogen) atoms. The average Bonchev–Trinajstić information content (AvgIpc) is 2.97. The number of amides is 1. The summed E-state index contributed by atoms with van der Waals surface area (Å²) in [4.78, 5) is 12.3. The van der Waals surface area contributed by atoms with Crippen LogP contribution in [0.4, 0.5) is 5.69 Å². The molecule has 1 aliphatic carbocycles. The van der Waals surface area contributed by atoms with Gasteiger partial charge in [0.1, 0.15) is 0 Å². The van der Waals surface area contributed by atoms with Crippen LogP contribution in [-0.4, -0.2) is 20.1 Å². The van der Waals surface area contributed by atoms with Gasteiger partial charge in [-0.05, 0) is 31.4 Å². The summed E-state index contributed by atoms with van der Waals surface area (Å²) in [5.74, 6) is -0.200. The predicted octanol–water partition coefficient (Wildman–Crippen LogP) is 1.50. The van der Waals surface area contributed by atoms with Gasteiger partial charge in [-0.2, -0.15) is 0 Å². The molecule has 3 rings (SSSR count). The molecule has 1 aromatic carbocycles. The number of carbonyl (C=O) groups excluding carboxylic acids is 1. The van der Waals surface area contributed by atoms with E-state index in [1.807, 2.05) is 0 Å². The van der Waals surface area contributed by atoms with Gasteiger partial charge in [0.25, 0.3) is 0 Å². The highest BCUT2D eigenvalue weighted by Crippen LogP contribution is 2.51. The molecular weight excluding hydrogens is 238 g/mol. The highest BCUT2D eigenvalue weighted by molar-refractivity contribution is 7.91. The molecular formula is C12H13NO3S. The first kappa shape index (κ1) is 10.8. The van der Waals surface area contributed by atoms with Gasteiger partial charge < -0.3 is 5.32 Å². The zero-order chi connectivity index (χ0) is 12.3. The largest absolute Gasteiger partial charge is 0.324 e. The molecule has 1 heterocycles. The molecule has 1 amide bonds. The minimum absolute atomic E-state index is 0.0519. The fourth-order valence-corrected chi connectivity index (χ4v) is 4.75. The Morgan fingerprint density at radius 1 is 1.29 bits per heavy atom. The molecule has 0 saturated heterocycles. The fraction of sp³-hybridized carbons (Fsp3) is 0.417. The summed E-state index contributed by atoms with van der Waals surface area (Å²) in [5, 5.41) is 2.75. The molecule has 1 aromatic rings. The molecule has 1 fully saturated rings. The number of anilines is 1. The average molecular weight is 251 g/mol. The molecule has 90 valence electrons. The van der Waals surface area contributed by atoms with Crippen LogP contribution in [0.2, 0.25) is 0 Å². The Kier molecular flexibility index (Phi) is 1.96. The van der Waals surface area contributed by atoms with Crippen molar-refractivity contribution in [1.29, 1.82) is 0 Å². The van der Waals surface area contributed by atoms with Crippen molar-refractivity contribution >= 4 is 21.4 Å². The van der Waals surface area contributed by atoms with E-state index in [2.05, 4.69) is 5.32 Å². The molecule has 0 atom stereocenters. The third-order valence-corrected chi connectivity index (χ3v) is 5.67. The Balaban J connectivity index is 2.25. The van der Waals surface area contributed by atoms with E-state index in [9.17, 15) is 13.2 Å². The van der Waals surface area contributed by atoms with E-state index in [0.29, 0.717) is 24.1 Å². The summed E-state index contributed by atoms with van der Waals surface area (Å²) in [6.45, 7) is 1.76. The smallest absolute Gasteiger partial charge is 0.231 e. The summed E-state index contributed by atoms with van der Waals surface area (Å²) >= 11 is 0. The zero-order valence-corrected chi connectivity index (χ0v) is 10.3. The first-order valence-corrected chi connectivity index (χ1v) is 7.24. The van der Waals surface area contributed by atoms with E-state index in [1.54, 1.807) is 25.1 Å². The lowest BCUT2D eigenvalue weighted by Gasteiger charge is -2.08. The number of benzene rings is 1. The second-order valence-electron chi connectivity index (χ2n) is 4.95. The van der Waals surface area contributed by atoms with Crippen molar-refractivity contribution in [2.24, 2.45) is 5.41 Å². The van der Waals surface area contributed by atoms with E-state index in [0.717, 1.165) is 0 Å². The van der Waals surface area contributed by atoms with E-state index in [-0.39, 0.29) is 16.6 Å². The lowest BCUT2D eigenvalue weighted by molar-refractivity contribution is -0.120. The van der Waals surface area contributed by atoms with E-state index >= 15 is 0 Å². The number of hydrogen-bond donors (Lipinski definition) is 1. The SMILES string of the molecule is Cc1cccc2c1S(=O)(=O)CC1(CC1)C(=O)N2. The summed E-state index contributed by atoms with van der Waals surface area (Å²) in [7, 11) is -3.37. The minimum Gasteiger partial charge on any atom is -0.324 e. The first-order valence-electron chi connectivity index (χ1n) is 5.58. The second kappa shape index (κ2) is 3.10. The van der Waals surface area contributed by atoms with Gasteiger partial charge in [-0.25, -0.2) is 8.42 Å². The topological polar surface area (TPSA) is 63.2 Å². The molecule has 0 bridgehead atoms. The molecule has 1 saturated carbocycles. The summed E-state index contributed by atoms with van der Waals surface area (Å²) in [6, 6.07) is 5.17. The van der Waals surface area contributed by atoms with Crippen LogP contribution in [0.1, 0.15) is 18.4 Å². The van der Waals surface area contributed by atoms with Gasteiger partial charge in [-0.1, -0.05) is 12.1 Å². The number of hydrogen-bond acceptors (Lipinski definition) is 3. The molecule has 0 aromatic heterocycles. The number of nitrogens with one attached hydrogen (secondary N) is 1. The third kappa shape index (κ3) is 1.49. The standard InChI is InChI=1S/C12H13NO3S/c1-8-3-2-4-9-10(8)17(15,16)7-12(5-6-12)11(14)13-9/h2-4H,5-7H2,1H3,(H,13,14). The van der Waals surface area contributed by atoms with Crippen molar-refractivity contribution in [2.75, 3.05) is 11.1 Å². The maximum Gasteiger partial charge on any atom is 0.231 e. The van der Waals surface area contributed by atoms with Crippen LogP contribution in [0.5, 0.6) is 0 Å². The molecule has 2 aliphatic rings. The van der Waals surface area contributed by atoms with Gasteiger partial charge in [0.15, 0.2) is 9.84 Å². The van der Waals surface area contributed by atoms with Crippen LogP contribution in [0.15, 0.2) is 23.1 Å². The number of carbonyl (C=O) groups is 1. The summed E-state index contributed by atoms with van der Waals surface area (Å²) < 4.78 is 24.6. The van der Waals surface area contributed by atoms with Gasteiger partial charge in [0.2, 0.25) is 5.91 Å². The van der Waals surface area contributed by atoms with Gasteiger partial charge in [-0.15, -0.1) is 0 Å². The Labute approximate surface area is 99.9 Å². The summed E-state index contributed by atoms with van der Waals surface area (Å²) in [6.07, 6.45) is 1.34. The van der Waals surface area contributed by atoms with Crippen molar-refractivity contribution in [3.63, 3.8) is 0 Å². The van der Waals surface area contributed by atoms with Crippen LogP contribution in [0, 0.1) is 12.3 Å². The second-order valence-corrected chi connectivity index (χ2v) is 6.87. The zero-order valence-electron chi connectivity index (χ0n) is 9.49. The van der Waals surface area contributed by atoms with Crippen LogP contribution in [-0.2, 0) is 14.6 Å². The van der Waals surface area contributed by atoms with Gasteiger partial charge in [0.05, 0.1) is 21.8 Å². The third-order valence-electron chi connectivity index (χ3n) is 3.57. The van der Waals surface area contributed by atoms with Crippen LogP contribution >= 0.6 is 0 Å². The summed E-state index contributed by atoms with van der Waals surface area (Å²) in [5.41, 5.74) is 0.462. The van der Waals surface area contributed by atoms with Crippen molar-refractivity contribution in [2.45, 2.75) is 24.7 Å². The highest BCUT2D eigenvalue weighted by Gasteiger charge is 2.54. The van der Waals surface area contributed by atoms with Gasteiger partial charge >= 0.3 is 0 Å². The minimum atomic E-state index is -3.37. The van der Waals surface area contributed by atoms with E-state index < -0.39 is 15.3 Å².